The summed E-state index contributed by atoms with van der Waals surface area (Å²) < 4.78 is 5.55. The van der Waals surface area contributed by atoms with Crippen LogP contribution in [0.1, 0.15) is 26.2 Å². The van der Waals surface area contributed by atoms with E-state index in [1.165, 1.54) is 4.90 Å². The second-order valence-corrected chi connectivity index (χ2v) is 6.31. The molecule has 1 saturated heterocycles. The Morgan fingerprint density at radius 3 is 2.42 bits per heavy atom. The van der Waals surface area contributed by atoms with Gasteiger partial charge in [0.1, 0.15) is 12.3 Å². The Balaban J connectivity index is 1.73. The van der Waals surface area contributed by atoms with Gasteiger partial charge in [-0.15, -0.1) is 0 Å². The summed E-state index contributed by atoms with van der Waals surface area (Å²) in [7, 11) is 0. The van der Waals surface area contributed by atoms with Gasteiger partial charge in [0, 0.05) is 25.6 Å². The Hall–Kier alpha value is -2.57. The van der Waals surface area contributed by atoms with Crippen molar-refractivity contribution in [1.82, 2.24) is 9.80 Å². The van der Waals surface area contributed by atoms with Crippen LogP contribution in [0.2, 0.25) is 0 Å². The normalized spacial score (nSPS) is 14.7. The van der Waals surface area contributed by atoms with Crippen LogP contribution in [0.25, 0.3) is 0 Å². The third-order valence-electron chi connectivity index (χ3n) is 4.54. The lowest BCUT2D eigenvalue weighted by Crippen LogP contribution is -2.45. The standard InChI is InChI=1S/C19H26N2O5/c1-2-20(14-18(23)24)19(25)15-8-11-21(12-9-15)17(22)10-13-26-16-6-4-3-5-7-16/h3-7,15H,2,8-14H2,1H3,(H,23,24). The zero-order valence-electron chi connectivity index (χ0n) is 15.1. The van der Waals surface area contributed by atoms with Crippen LogP contribution >= 0.6 is 0 Å². The van der Waals surface area contributed by atoms with Crippen molar-refractivity contribution in [3.8, 4) is 5.75 Å². The highest BCUT2D eigenvalue weighted by Gasteiger charge is 2.30. The number of likely N-dealkylation sites (N-methyl/N-ethyl adjacent to an activating group) is 1. The second kappa shape index (κ2) is 9.79. The first-order chi connectivity index (χ1) is 12.5. The van der Waals surface area contributed by atoms with Crippen LogP contribution in [0.3, 0.4) is 0 Å². The molecule has 0 saturated carbocycles. The van der Waals surface area contributed by atoms with Crippen molar-refractivity contribution >= 4 is 17.8 Å². The molecular weight excluding hydrogens is 336 g/mol. The largest absolute Gasteiger partial charge is 0.493 e. The fourth-order valence-corrected chi connectivity index (χ4v) is 3.07. The Morgan fingerprint density at radius 2 is 1.85 bits per heavy atom. The van der Waals surface area contributed by atoms with E-state index in [0.29, 0.717) is 45.5 Å². The van der Waals surface area contributed by atoms with Crippen LogP contribution in [0.4, 0.5) is 0 Å². The average molecular weight is 362 g/mol. The van der Waals surface area contributed by atoms with Crippen LogP contribution in [0, 0.1) is 5.92 Å². The molecule has 1 heterocycles. The van der Waals surface area contributed by atoms with Gasteiger partial charge in [-0.2, -0.15) is 0 Å². The van der Waals surface area contributed by atoms with E-state index in [4.69, 9.17) is 9.84 Å². The number of piperidine rings is 1. The molecule has 26 heavy (non-hydrogen) atoms. The number of aliphatic carboxylic acids is 1. The van der Waals surface area contributed by atoms with Crippen molar-refractivity contribution in [1.29, 1.82) is 0 Å². The Labute approximate surface area is 153 Å². The number of carboxylic acids is 1. The fraction of sp³-hybridized carbons (Fsp3) is 0.526. The number of nitrogens with zero attached hydrogens (tertiary/aromatic N) is 2. The summed E-state index contributed by atoms with van der Waals surface area (Å²) in [5.41, 5.74) is 0. The smallest absolute Gasteiger partial charge is 0.323 e. The topological polar surface area (TPSA) is 87.2 Å². The predicted octanol–water partition coefficient (Wildman–Crippen LogP) is 1.63. The Bertz CT molecular complexity index is 612. The SMILES string of the molecule is CCN(CC(=O)O)C(=O)C1CCN(C(=O)CCOc2ccccc2)CC1. The molecule has 2 rings (SSSR count). The van der Waals surface area contributed by atoms with E-state index in [1.54, 1.807) is 11.8 Å². The van der Waals surface area contributed by atoms with Crippen LogP contribution in [0.5, 0.6) is 5.75 Å². The Morgan fingerprint density at radius 1 is 1.19 bits per heavy atom. The van der Waals surface area contributed by atoms with Crippen molar-refractivity contribution in [2.45, 2.75) is 26.2 Å². The minimum Gasteiger partial charge on any atom is -0.493 e. The summed E-state index contributed by atoms with van der Waals surface area (Å²) in [6, 6.07) is 9.35. The van der Waals surface area contributed by atoms with Crippen molar-refractivity contribution in [2.24, 2.45) is 5.92 Å². The summed E-state index contributed by atoms with van der Waals surface area (Å²) in [6.07, 6.45) is 1.44. The molecule has 0 aliphatic carbocycles. The number of rotatable bonds is 8. The quantitative estimate of drug-likeness (QED) is 0.759. The van der Waals surface area contributed by atoms with E-state index in [-0.39, 0.29) is 24.3 Å². The van der Waals surface area contributed by atoms with E-state index in [9.17, 15) is 14.4 Å². The van der Waals surface area contributed by atoms with E-state index in [1.807, 2.05) is 30.3 Å². The number of carbonyl (C=O) groups is 3. The summed E-state index contributed by atoms with van der Waals surface area (Å²) in [6.45, 7) is 3.24. The van der Waals surface area contributed by atoms with Crippen molar-refractivity contribution < 1.29 is 24.2 Å². The number of hydrogen-bond acceptors (Lipinski definition) is 4. The van der Waals surface area contributed by atoms with Gasteiger partial charge in [0.15, 0.2) is 0 Å². The molecule has 0 aromatic heterocycles. The van der Waals surface area contributed by atoms with Gasteiger partial charge in [-0.05, 0) is 31.9 Å². The van der Waals surface area contributed by atoms with Gasteiger partial charge >= 0.3 is 5.97 Å². The van der Waals surface area contributed by atoms with E-state index in [0.717, 1.165) is 5.75 Å². The maximum absolute atomic E-state index is 12.4. The molecule has 1 aliphatic heterocycles. The molecule has 0 radical (unpaired) electrons. The van der Waals surface area contributed by atoms with Crippen LogP contribution < -0.4 is 4.74 Å². The number of amides is 2. The zero-order valence-corrected chi connectivity index (χ0v) is 15.1. The third kappa shape index (κ3) is 5.75. The lowest BCUT2D eigenvalue weighted by Gasteiger charge is -2.33. The molecule has 0 atom stereocenters. The van der Waals surface area contributed by atoms with E-state index >= 15 is 0 Å². The van der Waals surface area contributed by atoms with Crippen molar-refractivity contribution in [3.63, 3.8) is 0 Å². The van der Waals surface area contributed by atoms with Crippen LogP contribution in [-0.2, 0) is 14.4 Å². The number of likely N-dealkylation sites (tertiary alicyclic amines) is 1. The zero-order chi connectivity index (χ0) is 18.9. The lowest BCUT2D eigenvalue weighted by molar-refractivity contribution is -0.147. The van der Waals surface area contributed by atoms with Gasteiger partial charge in [-0.3, -0.25) is 14.4 Å². The lowest BCUT2D eigenvalue weighted by atomic mass is 9.95. The van der Waals surface area contributed by atoms with Gasteiger partial charge in [0.05, 0.1) is 13.0 Å². The molecule has 1 aromatic carbocycles. The van der Waals surface area contributed by atoms with Gasteiger partial charge in [0.25, 0.3) is 0 Å². The highest BCUT2D eigenvalue weighted by molar-refractivity contribution is 5.83. The molecule has 1 N–H and O–H groups in total. The molecule has 1 aromatic rings. The maximum Gasteiger partial charge on any atom is 0.323 e. The number of para-hydroxylation sites is 1. The van der Waals surface area contributed by atoms with E-state index in [2.05, 4.69) is 0 Å². The van der Waals surface area contributed by atoms with Gasteiger partial charge in [-0.1, -0.05) is 18.2 Å². The highest BCUT2D eigenvalue weighted by Crippen LogP contribution is 2.20. The monoisotopic (exact) mass is 362 g/mol. The fourth-order valence-electron chi connectivity index (χ4n) is 3.07. The molecule has 0 unspecified atom stereocenters. The third-order valence-corrected chi connectivity index (χ3v) is 4.54. The molecule has 2 amide bonds. The molecular formula is C19H26N2O5. The number of ether oxygens (including phenoxy) is 1. The summed E-state index contributed by atoms with van der Waals surface area (Å²) >= 11 is 0. The second-order valence-electron chi connectivity index (χ2n) is 6.31. The Kier molecular flexibility index (Phi) is 7.44. The number of benzene rings is 1. The molecule has 0 bridgehead atoms. The number of hydrogen-bond donors (Lipinski definition) is 1. The van der Waals surface area contributed by atoms with E-state index < -0.39 is 5.97 Å². The average Bonchev–Trinajstić information content (AvgIpc) is 2.66. The molecule has 0 spiro atoms. The first kappa shape index (κ1) is 19.8. The van der Waals surface area contributed by atoms with Crippen LogP contribution in [0.15, 0.2) is 30.3 Å². The molecule has 7 nitrogen and oxygen atoms in total. The number of carbonyl (C=O) groups excluding carboxylic acids is 2. The first-order valence-corrected chi connectivity index (χ1v) is 8.97. The summed E-state index contributed by atoms with van der Waals surface area (Å²) in [5, 5.41) is 8.88. The maximum atomic E-state index is 12.4. The van der Waals surface area contributed by atoms with Crippen molar-refractivity contribution in [3.05, 3.63) is 30.3 Å². The minimum atomic E-state index is -1.01. The molecule has 7 heteroatoms. The highest BCUT2D eigenvalue weighted by atomic mass is 16.5. The summed E-state index contributed by atoms with van der Waals surface area (Å²) in [5.74, 6) is -0.591. The minimum absolute atomic E-state index is 0.0183. The molecule has 142 valence electrons. The van der Waals surface area contributed by atoms with Crippen molar-refractivity contribution in [2.75, 3.05) is 32.8 Å². The predicted molar refractivity (Wildman–Crippen MR) is 95.7 cm³/mol. The molecule has 1 fully saturated rings. The molecule has 1 aliphatic rings. The van der Waals surface area contributed by atoms with Crippen LogP contribution in [-0.4, -0.2) is 65.5 Å². The first-order valence-electron chi connectivity index (χ1n) is 8.97. The van der Waals surface area contributed by atoms with Gasteiger partial charge in [0.2, 0.25) is 11.8 Å². The van der Waals surface area contributed by atoms with Gasteiger partial charge < -0.3 is 19.6 Å². The number of carboxylic acid groups (broad SMARTS) is 1. The van der Waals surface area contributed by atoms with Gasteiger partial charge in [-0.25, -0.2) is 0 Å². The summed E-state index contributed by atoms with van der Waals surface area (Å²) in [4.78, 5) is 38.6.